The summed E-state index contributed by atoms with van der Waals surface area (Å²) >= 11 is 0. The SMILES string of the molecule is CCCCCCCCCCCC(=O)Nc1cc([N+](=O)[O-])ccc1OP(=O)(O)OCC[N+](C)(C)C. The average Bonchev–Trinajstić information content (AvgIpc) is 2.72. The van der Waals surface area contributed by atoms with Gasteiger partial charge in [-0.15, -0.1) is 0 Å². The molecule has 0 aliphatic heterocycles. The Kier molecular flexibility index (Phi) is 13.3. The second-order valence-corrected chi connectivity index (χ2v) is 10.8. The van der Waals surface area contributed by atoms with Crippen LogP contribution in [-0.2, 0) is 13.9 Å². The number of amides is 1. The largest absolute Gasteiger partial charge is 0.527 e. The van der Waals surface area contributed by atoms with Gasteiger partial charge >= 0.3 is 7.82 Å². The molecule has 0 spiro atoms. The van der Waals surface area contributed by atoms with Crippen molar-refractivity contribution in [3.8, 4) is 5.75 Å². The maximum atomic E-state index is 12.4. The third-order valence-corrected chi connectivity index (χ3v) is 6.12. The van der Waals surface area contributed by atoms with E-state index < -0.39 is 12.7 Å². The molecule has 10 nitrogen and oxygen atoms in total. The summed E-state index contributed by atoms with van der Waals surface area (Å²) in [7, 11) is 1.24. The van der Waals surface area contributed by atoms with Crippen molar-refractivity contribution in [3.63, 3.8) is 0 Å². The molecule has 0 saturated heterocycles. The van der Waals surface area contributed by atoms with Gasteiger partial charge in [-0.2, -0.15) is 0 Å². The van der Waals surface area contributed by atoms with Gasteiger partial charge in [0.1, 0.15) is 13.2 Å². The molecule has 1 rings (SSSR count). The van der Waals surface area contributed by atoms with E-state index >= 15 is 0 Å². The number of carbonyl (C=O) groups excluding carboxylic acids is 1. The Morgan fingerprint density at radius 2 is 1.68 bits per heavy atom. The minimum Gasteiger partial charge on any atom is -0.402 e. The van der Waals surface area contributed by atoms with Gasteiger partial charge in [0, 0.05) is 18.6 Å². The molecule has 11 heteroatoms. The Morgan fingerprint density at radius 1 is 1.09 bits per heavy atom. The monoisotopic (exact) mass is 502 g/mol. The van der Waals surface area contributed by atoms with E-state index in [2.05, 4.69) is 12.2 Å². The van der Waals surface area contributed by atoms with Crippen molar-refractivity contribution in [1.29, 1.82) is 0 Å². The number of quaternary nitrogens is 1. The fourth-order valence-electron chi connectivity index (χ4n) is 3.20. The van der Waals surface area contributed by atoms with E-state index in [0.29, 0.717) is 17.4 Å². The van der Waals surface area contributed by atoms with E-state index in [1.54, 1.807) is 0 Å². The molecule has 1 unspecified atom stereocenters. The molecule has 1 aromatic carbocycles. The molecule has 0 aliphatic carbocycles. The predicted molar refractivity (Wildman–Crippen MR) is 133 cm³/mol. The summed E-state index contributed by atoms with van der Waals surface area (Å²) in [5.74, 6) is -0.505. The number of hydrogen-bond donors (Lipinski definition) is 2. The van der Waals surface area contributed by atoms with E-state index in [-0.39, 0.29) is 36.1 Å². The summed E-state index contributed by atoms with van der Waals surface area (Å²) in [6.45, 7) is 2.64. The third kappa shape index (κ3) is 13.6. The second kappa shape index (κ2) is 15.1. The van der Waals surface area contributed by atoms with Crippen LogP contribution in [0.5, 0.6) is 5.75 Å². The number of anilines is 1. The standard InChI is InChI=1S/C23H40N3O7P/c1-5-6-7-8-9-10-11-12-13-14-23(27)24-21-19-20(25(28)29)15-16-22(21)33-34(30,31)32-18-17-26(2,3)4/h15-16,19H,5-14,17-18H2,1-4H3,(H-,24,27,30,31)/p+1. The molecule has 0 saturated carbocycles. The quantitative estimate of drug-likeness (QED) is 0.0872. The van der Waals surface area contributed by atoms with Crippen molar-refractivity contribution in [2.24, 2.45) is 0 Å². The molecule has 1 aromatic rings. The number of rotatable bonds is 18. The number of phosphoric ester groups is 1. The van der Waals surface area contributed by atoms with E-state index in [9.17, 15) is 24.4 Å². The smallest absolute Gasteiger partial charge is 0.402 e. The van der Waals surface area contributed by atoms with Gasteiger partial charge in [-0.1, -0.05) is 58.3 Å². The summed E-state index contributed by atoms with van der Waals surface area (Å²) in [5.41, 5.74) is -0.316. The Labute approximate surface area is 203 Å². The van der Waals surface area contributed by atoms with Crippen molar-refractivity contribution in [3.05, 3.63) is 28.3 Å². The Bertz CT molecular complexity index is 827. The number of nitro benzene ring substituents is 1. The molecule has 194 valence electrons. The number of nitro groups is 1. The Hall–Kier alpha value is -2.00. The van der Waals surface area contributed by atoms with Crippen LogP contribution in [0.4, 0.5) is 11.4 Å². The van der Waals surface area contributed by atoms with E-state index in [4.69, 9.17) is 9.05 Å². The number of non-ortho nitro benzene ring substituents is 1. The normalized spacial score (nSPS) is 13.3. The van der Waals surface area contributed by atoms with Crippen molar-refractivity contribution >= 4 is 25.1 Å². The minimum absolute atomic E-state index is 0.0233. The van der Waals surface area contributed by atoms with Crippen LogP contribution in [0.15, 0.2) is 18.2 Å². The van der Waals surface area contributed by atoms with Gasteiger partial charge in [-0.25, -0.2) is 4.57 Å². The topological polar surface area (TPSA) is 128 Å². The highest BCUT2D eigenvalue weighted by Gasteiger charge is 2.27. The fourth-order valence-corrected chi connectivity index (χ4v) is 3.97. The molecule has 34 heavy (non-hydrogen) atoms. The molecule has 0 heterocycles. The molecule has 0 aliphatic rings. The summed E-state index contributed by atoms with van der Waals surface area (Å²) in [5, 5.41) is 13.7. The second-order valence-electron chi connectivity index (χ2n) is 9.47. The maximum Gasteiger partial charge on any atom is 0.527 e. The minimum atomic E-state index is -4.49. The molecule has 2 N–H and O–H groups in total. The summed E-state index contributed by atoms with van der Waals surface area (Å²) in [4.78, 5) is 33.0. The van der Waals surface area contributed by atoms with Gasteiger partial charge < -0.3 is 14.3 Å². The number of nitrogens with one attached hydrogen (secondary N) is 1. The van der Waals surface area contributed by atoms with Crippen molar-refractivity contribution < 1.29 is 32.7 Å². The lowest BCUT2D eigenvalue weighted by atomic mass is 10.1. The predicted octanol–water partition coefficient (Wildman–Crippen LogP) is 5.66. The number of phosphoric acid groups is 1. The zero-order valence-corrected chi connectivity index (χ0v) is 21.9. The first-order valence-electron chi connectivity index (χ1n) is 12.0. The Morgan fingerprint density at radius 3 is 2.24 bits per heavy atom. The molecule has 0 bridgehead atoms. The lowest BCUT2D eigenvalue weighted by Crippen LogP contribution is -2.37. The van der Waals surface area contributed by atoms with Gasteiger partial charge in [0.25, 0.3) is 5.69 Å². The summed E-state index contributed by atoms with van der Waals surface area (Å²) in [6.07, 6.45) is 10.3. The zero-order valence-electron chi connectivity index (χ0n) is 21.0. The highest BCUT2D eigenvalue weighted by atomic mass is 31.2. The lowest BCUT2D eigenvalue weighted by Gasteiger charge is -2.24. The summed E-state index contributed by atoms with van der Waals surface area (Å²) in [6, 6.07) is 3.42. The Balaban J connectivity index is 2.63. The van der Waals surface area contributed by atoms with Gasteiger partial charge in [0.05, 0.1) is 31.8 Å². The van der Waals surface area contributed by atoms with Crippen LogP contribution in [0.1, 0.15) is 71.1 Å². The fraction of sp³-hybridized carbons (Fsp3) is 0.696. The number of hydrogen-bond acceptors (Lipinski definition) is 6. The molecule has 1 atom stereocenters. The van der Waals surface area contributed by atoms with Gasteiger partial charge in [0.15, 0.2) is 5.75 Å². The van der Waals surface area contributed by atoms with Crippen LogP contribution >= 0.6 is 7.82 Å². The van der Waals surface area contributed by atoms with Gasteiger partial charge in [-0.05, 0) is 12.5 Å². The summed E-state index contributed by atoms with van der Waals surface area (Å²) < 4.78 is 23.0. The first kappa shape index (κ1) is 30.0. The highest BCUT2D eigenvalue weighted by Crippen LogP contribution is 2.46. The highest BCUT2D eigenvalue weighted by molar-refractivity contribution is 7.47. The van der Waals surface area contributed by atoms with Crippen molar-refractivity contribution in [1.82, 2.24) is 0 Å². The average molecular weight is 503 g/mol. The van der Waals surface area contributed by atoms with E-state index in [1.807, 2.05) is 21.1 Å². The van der Waals surface area contributed by atoms with Crippen LogP contribution in [0.3, 0.4) is 0 Å². The van der Waals surface area contributed by atoms with Crippen molar-refractivity contribution in [2.45, 2.75) is 71.1 Å². The molecule has 0 aromatic heterocycles. The van der Waals surface area contributed by atoms with Crippen LogP contribution in [0.25, 0.3) is 0 Å². The number of nitrogens with zero attached hydrogens (tertiary/aromatic N) is 2. The molecule has 0 fully saturated rings. The van der Waals surface area contributed by atoms with Crippen LogP contribution < -0.4 is 9.84 Å². The number of unbranched alkanes of at least 4 members (excludes halogenated alkanes) is 8. The lowest BCUT2D eigenvalue weighted by molar-refractivity contribution is -0.870. The van der Waals surface area contributed by atoms with Crippen molar-refractivity contribution in [2.75, 3.05) is 39.6 Å². The number of benzene rings is 1. The van der Waals surface area contributed by atoms with Crippen LogP contribution in [0.2, 0.25) is 0 Å². The van der Waals surface area contributed by atoms with Crippen LogP contribution in [-0.4, -0.2) is 54.5 Å². The molecular weight excluding hydrogens is 461 g/mol. The maximum absolute atomic E-state index is 12.4. The number of likely N-dealkylation sites (N-methyl/N-ethyl adjacent to an activating group) is 1. The molecule has 0 radical (unpaired) electrons. The molecule has 1 amide bonds. The third-order valence-electron chi connectivity index (χ3n) is 5.19. The van der Waals surface area contributed by atoms with Gasteiger partial charge in [0.2, 0.25) is 5.91 Å². The molecular formula is C23H41N3O7P+. The number of carbonyl (C=O) groups is 1. The van der Waals surface area contributed by atoms with E-state index in [1.165, 1.54) is 38.2 Å². The van der Waals surface area contributed by atoms with Crippen LogP contribution in [0, 0.1) is 10.1 Å². The zero-order chi connectivity index (χ0) is 25.6. The van der Waals surface area contributed by atoms with E-state index in [0.717, 1.165) is 31.4 Å². The van der Waals surface area contributed by atoms with Gasteiger partial charge in [-0.3, -0.25) is 24.3 Å². The first-order chi connectivity index (χ1) is 15.9. The first-order valence-corrected chi connectivity index (χ1v) is 13.5.